The molecule has 1 fully saturated rings. The molecule has 28 heavy (non-hydrogen) atoms. The Bertz CT molecular complexity index is 830. The van der Waals surface area contributed by atoms with E-state index in [1.54, 1.807) is 12.0 Å². The summed E-state index contributed by atoms with van der Waals surface area (Å²) in [7, 11) is 1.64. The predicted molar refractivity (Wildman–Crippen MR) is 111 cm³/mol. The summed E-state index contributed by atoms with van der Waals surface area (Å²) >= 11 is 0. The summed E-state index contributed by atoms with van der Waals surface area (Å²) in [4.78, 5) is 27.0. The summed E-state index contributed by atoms with van der Waals surface area (Å²) in [6.45, 7) is 5.33. The number of nitrogens with one attached hydrogen (secondary N) is 1. The molecular weight excluding hydrogens is 352 g/mol. The van der Waals surface area contributed by atoms with Gasteiger partial charge in [-0.25, -0.2) is 0 Å². The second kappa shape index (κ2) is 8.91. The van der Waals surface area contributed by atoms with Gasteiger partial charge in [0.05, 0.1) is 7.11 Å². The third-order valence-electron chi connectivity index (χ3n) is 5.28. The van der Waals surface area contributed by atoms with E-state index in [0.29, 0.717) is 31.8 Å². The van der Waals surface area contributed by atoms with Crippen LogP contribution in [0.3, 0.4) is 0 Å². The van der Waals surface area contributed by atoms with Crippen LogP contribution in [0.1, 0.15) is 37.3 Å². The minimum Gasteiger partial charge on any atom is -0.496 e. The van der Waals surface area contributed by atoms with E-state index in [-0.39, 0.29) is 11.8 Å². The minimum absolute atomic E-state index is 0.118. The first-order chi connectivity index (χ1) is 13.5. The third kappa shape index (κ3) is 4.35. The van der Waals surface area contributed by atoms with E-state index >= 15 is 0 Å². The van der Waals surface area contributed by atoms with E-state index < -0.39 is 5.92 Å². The van der Waals surface area contributed by atoms with Gasteiger partial charge in [0, 0.05) is 18.8 Å². The first kappa shape index (κ1) is 19.9. The van der Waals surface area contributed by atoms with E-state index in [1.165, 1.54) is 5.56 Å². The minimum atomic E-state index is -0.609. The van der Waals surface area contributed by atoms with Crippen molar-refractivity contribution in [1.82, 2.24) is 5.32 Å². The molecule has 1 aliphatic heterocycles. The maximum atomic E-state index is 12.7. The highest BCUT2D eigenvalue weighted by molar-refractivity contribution is 6.09. The quantitative estimate of drug-likeness (QED) is 0.748. The number of para-hydroxylation sites is 1. The van der Waals surface area contributed by atoms with Crippen molar-refractivity contribution in [2.45, 2.75) is 32.6 Å². The van der Waals surface area contributed by atoms with Crippen molar-refractivity contribution >= 4 is 17.5 Å². The van der Waals surface area contributed by atoms with Crippen molar-refractivity contribution in [2.75, 3.05) is 25.1 Å². The van der Waals surface area contributed by atoms with Gasteiger partial charge in [-0.1, -0.05) is 44.2 Å². The van der Waals surface area contributed by atoms with Crippen LogP contribution >= 0.6 is 0 Å². The number of methoxy groups -OCH3 is 1. The smallest absolute Gasteiger partial charge is 0.239 e. The number of carbonyl (C=O) groups excluding carboxylic acids is 2. The molecule has 0 bridgehead atoms. The zero-order valence-electron chi connectivity index (χ0n) is 16.8. The Morgan fingerprint density at radius 2 is 1.89 bits per heavy atom. The number of carbonyl (C=O) groups is 2. The molecule has 1 heterocycles. The average molecular weight is 380 g/mol. The molecular formula is C23H28N2O3. The molecule has 2 aromatic carbocycles. The standard InChI is InChI=1S/C23H28N2O3/c1-16(2)17-8-10-19(11-9-17)25-15-13-20(23(25)27)22(26)24-14-12-18-6-4-5-7-21(18)28-3/h4-11,16,20H,12-15H2,1-3H3,(H,24,26)/t20-/m1/s1. The van der Waals surface area contributed by atoms with Gasteiger partial charge in [-0.15, -0.1) is 0 Å². The van der Waals surface area contributed by atoms with Crippen molar-refractivity contribution in [3.05, 3.63) is 59.7 Å². The van der Waals surface area contributed by atoms with Gasteiger partial charge in [-0.3, -0.25) is 9.59 Å². The summed E-state index contributed by atoms with van der Waals surface area (Å²) in [5.74, 6) is 0.338. The van der Waals surface area contributed by atoms with Gasteiger partial charge < -0.3 is 15.0 Å². The molecule has 148 valence electrons. The van der Waals surface area contributed by atoms with Crippen LogP contribution in [0.2, 0.25) is 0 Å². The average Bonchev–Trinajstić information content (AvgIpc) is 3.09. The number of hydrogen-bond acceptors (Lipinski definition) is 3. The maximum absolute atomic E-state index is 12.7. The number of benzene rings is 2. The lowest BCUT2D eigenvalue weighted by Gasteiger charge is -2.18. The SMILES string of the molecule is COc1ccccc1CCNC(=O)[C@H]1CCN(c2ccc(C(C)C)cc2)C1=O. The third-order valence-corrected chi connectivity index (χ3v) is 5.28. The van der Waals surface area contributed by atoms with Crippen molar-refractivity contribution < 1.29 is 14.3 Å². The van der Waals surface area contributed by atoms with E-state index in [0.717, 1.165) is 17.0 Å². The number of hydrogen-bond donors (Lipinski definition) is 1. The molecule has 3 rings (SSSR count). The number of rotatable bonds is 7. The summed E-state index contributed by atoms with van der Waals surface area (Å²) in [5, 5.41) is 2.91. The maximum Gasteiger partial charge on any atom is 0.239 e. The van der Waals surface area contributed by atoms with E-state index in [9.17, 15) is 9.59 Å². The molecule has 0 aromatic heterocycles. The number of ether oxygens (including phenoxy) is 1. The molecule has 5 nitrogen and oxygen atoms in total. The molecule has 5 heteroatoms. The Hall–Kier alpha value is -2.82. The van der Waals surface area contributed by atoms with Gasteiger partial charge in [0.1, 0.15) is 11.7 Å². The van der Waals surface area contributed by atoms with Gasteiger partial charge in [-0.2, -0.15) is 0 Å². The van der Waals surface area contributed by atoms with Crippen LogP contribution in [-0.4, -0.2) is 32.0 Å². The van der Waals surface area contributed by atoms with Gasteiger partial charge in [-0.05, 0) is 48.1 Å². The molecule has 2 aromatic rings. The topological polar surface area (TPSA) is 58.6 Å². The Balaban J connectivity index is 1.56. The molecule has 1 saturated heterocycles. The molecule has 0 radical (unpaired) electrons. The Kier molecular flexibility index (Phi) is 6.34. The van der Waals surface area contributed by atoms with Gasteiger partial charge in [0.15, 0.2) is 0 Å². The Morgan fingerprint density at radius 3 is 2.57 bits per heavy atom. The first-order valence-electron chi connectivity index (χ1n) is 9.82. The molecule has 1 atom stereocenters. The molecule has 1 N–H and O–H groups in total. The zero-order valence-corrected chi connectivity index (χ0v) is 16.8. The molecule has 0 saturated carbocycles. The number of anilines is 1. The van der Waals surface area contributed by atoms with E-state index in [1.807, 2.05) is 48.5 Å². The van der Waals surface area contributed by atoms with Crippen molar-refractivity contribution in [3.63, 3.8) is 0 Å². The summed E-state index contributed by atoms with van der Waals surface area (Å²) < 4.78 is 5.33. The normalized spacial score (nSPS) is 16.5. The summed E-state index contributed by atoms with van der Waals surface area (Å²) in [6.07, 6.45) is 1.21. The molecule has 0 aliphatic carbocycles. The fourth-order valence-electron chi connectivity index (χ4n) is 3.57. The van der Waals surface area contributed by atoms with Crippen LogP contribution in [0.25, 0.3) is 0 Å². The van der Waals surface area contributed by atoms with Gasteiger partial charge in [0.2, 0.25) is 11.8 Å². The number of amides is 2. The fraction of sp³-hybridized carbons (Fsp3) is 0.391. The van der Waals surface area contributed by atoms with Crippen LogP contribution in [0.15, 0.2) is 48.5 Å². The van der Waals surface area contributed by atoms with Gasteiger partial charge in [0.25, 0.3) is 0 Å². The van der Waals surface area contributed by atoms with Crippen molar-refractivity contribution in [3.8, 4) is 5.75 Å². The largest absolute Gasteiger partial charge is 0.496 e. The number of nitrogens with zero attached hydrogens (tertiary/aromatic N) is 1. The Morgan fingerprint density at radius 1 is 1.18 bits per heavy atom. The Labute approximate surface area is 166 Å². The highest BCUT2D eigenvalue weighted by Crippen LogP contribution is 2.27. The monoisotopic (exact) mass is 380 g/mol. The zero-order chi connectivity index (χ0) is 20.1. The second-order valence-corrected chi connectivity index (χ2v) is 7.43. The second-order valence-electron chi connectivity index (χ2n) is 7.43. The van der Waals surface area contributed by atoms with Gasteiger partial charge >= 0.3 is 0 Å². The van der Waals surface area contributed by atoms with Crippen LogP contribution in [0.4, 0.5) is 5.69 Å². The molecule has 0 spiro atoms. The van der Waals surface area contributed by atoms with Crippen LogP contribution in [0.5, 0.6) is 5.75 Å². The van der Waals surface area contributed by atoms with Crippen LogP contribution in [0, 0.1) is 5.92 Å². The predicted octanol–water partition coefficient (Wildman–Crippen LogP) is 3.53. The van der Waals surface area contributed by atoms with Crippen molar-refractivity contribution in [2.24, 2.45) is 5.92 Å². The summed E-state index contributed by atoms with van der Waals surface area (Å²) in [5.41, 5.74) is 3.13. The van der Waals surface area contributed by atoms with Crippen molar-refractivity contribution in [1.29, 1.82) is 0 Å². The highest BCUT2D eigenvalue weighted by atomic mass is 16.5. The molecule has 0 unspecified atom stereocenters. The fourth-order valence-corrected chi connectivity index (χ4v) is 3.57. The molecule has 1 aliphatic rings. The highest BCUT2D eigenvalue weighted by Gasteiger charge is 2.37. The lowest BCUT2D eigenvalue weighted by Crippen LogP contribution is -2.37. The van der Waals surface area contributed by atoms with E-state index in [2.05, 4.69) is 19.2 Å². The van der Waals surface area contributed by atoms with E-state index in [4.69, 9.17) is 4.74 Å². The first-order valence-corrected chi connectivity index (χ1v) is 9.82. The molecule has 2 amide bonds. The lowest BCUT2D eigenvalue weighted by molar-refractivity contribution is -0.132. The lowest BCUT2D eigenvalue weighted by atomic mass is 10.0. The summed E-state index contributed by atoms with van der Waals surface area (Å²) in [6, 6.07) is 15.8. The van der Waals surface area contributed by atoms with Crippen LogP contribution in [-0.2, 0) is 16.0 Å². The van der Waals surface area contributed by atoms with Crippen LogP contribution < -0.4 is 15.0 Å².